The Morgan fingerprint density at radius 3 is 2.38 bits per heavy atom. The lowest BCUT2D eigenvalue weighted by Crippen LogP contribution is -2.38. The third kappa shape index (κ3) is 1.89. The number of hydrogen-bond acceptors (Lipinski definition) is 5. The average Bonchev–Trinajstić information content (AvgIpc) is 2.37. The van der Waals surface area contributed by atoms with E-state index in [1.807, 2.05) is 0 Å². The highest BCUT2D eigenvalue weighted by molar-refractivity contribution is 9.11. The Morgan fingerprint density at radius 1 is 1.44 bits per heavy atom. The minimum absolute atomic E-state index is 0.0309. The molecule has 0 N–H and O–H groups in total. The second kappa shape index (κ2) is 3.77. The molecule has 0 radical (unpaired) electrons. The predicted octanol–water partition coefficient (Wildman–Crippen LogP) is 1.29. The van der Waals surface area contributed by atoms with Gasteiger partial charge in [0, 0.05) is 0 Å². The molecule has 7 nitrogen and oxygen atoms in total. The van der Waals surface area contributed by atoms with Crippen LogP contribution in [-0.2, 0) is 9.84 Å². The first-order valence-electron chi connectivity index (χ1n) is 4.10. The van der Waals surface area contributed by atoms with Crippen LogP contribution in [0.3, 0.4) is 0 Å². The van der Waals surface area contributed by atoms with Crippen molar-refractivity contribution in [3.63, 3.8) is 0 Å². The monoisotopic (exact) mass is 373 g/mol. The molecule has 1 fully saturated rings. The van der Waals surface area contributed by atoms with Gasteiger partial charge in [-0.2, -0.15) is 5.10 Å². The number of nitrogens with zero attached hydrogens (tertiary/aromatic N) is 3. The summed E-state index contributed by atoms with van der Waals surface area (Å²) in [5.41, 5.74) is -0.190. The van der Waals surface area contributed by atoms with Gasteiger partial charge < -0.3 is 0 Å². The highest BCUT2D eigenvalue weighted by Crippen LogP contribution is 2.36. The van der Waals surface area contributed by atoms with Crippen molar-refractivity contribution in [3.05, 3.63) is 19.3 Å². The molecule has 1 aliphatic rings. The first-order valence-corrected chi connectivity index (χ1v) is 7.51. The SMILES string of the molecule is O=[N+]([O-])c1c(Br)nn(C2CS(=O)(=O)C2)c1Br. The number of nitro groups is 1. The van der Waals surface area contributed by atoms with E-state index in [-0.39, 0.29) is 32.4 Å². The van der Waals surface area contributed by atoms with Crippen LogP contribution in [0.15, 0.2) is 9.21 Å². The Balaban J connectivity index is 2.38. The topological polar surface area (TPSA) is 95.1 Å². The van der Waals surface area contributed by atoms with Gasteiger partial charge in [-0.25, -0.2) is 13.1 Å². The zero-order chi connectivity index (χ0) is 12.1. The molecular formula is C6H5Br2N3O4S. The number of hydrogen-bond donors (Lipinski definition) is 0. The summed E-state index contributed by atoms with van der Waals surface area (Å²) in [7, 11) is -2.99. The van der Waals surface area contributed by atoms with Crippen LogP contribution in [0.25, 0.3) is 0 Å². The fraction of sp³-hybridized carbons (Fsp3) is 0.500. The molecular weight excluding hydrogens is 370 g/mol. The minimum atomic E-state index is -2.99. The molecule has 1 aromatic rings. The largest absolute Gasteiger partial charge is 0.335 e. The van der Waals surface area contributed by atoms with E-state index in [2.05, 4.69) is 37.0 Å². The number of aromatic nitrogens is 2. The summed E-state index contributed by atoms with van der Waals surface area (Å²) in [5.74, 6) is -0.0618. The molecule has 0 saturated carbocycles. The molecule has 0 amide bonds. The summed E-state index contributed by atoms with van der Waals surface area (Å²) in [6.07, 6.45) is 0. The first-order chi connectivity index (χ1) is 7.32. The maximum Gasteiger partial charge on any atom is 0.335 e. The molecule has 2 rings (SSSR count). The van der Waals surface area contributed by atoms with Gasteiger partial charge in [-0.3, -0.25) is 10.1 Å². The van der Waals surface area contributed by atoms with E-state index in [9.17, 15) is 18.5 Å². The van der Waals surface area contributed by atoms with Crippen molar-refractivity contribution in [1.82, 2.24) is 9.78 Å². The quantitative estimate of drug-likeness (QED) is 0.574. The minimum Gasteiger partial charge on any atom is -0.258 e. The van der Waals surface area contributed by atoms with Gasteiger partial charge in [0.2, 0.25) is 4.60 Å². The van der Waals surface area contributed by atoms with Crippen molar-refractivity contribution in [2.45, 2.75) is 6.04 Å². The van der Waals surface area contributed by atoms with E-state index in [4.69, 9.17) is 0 Å². The Bertz CT molecular complexity index is 555. The van der Waals surface area contributed by atoms with Crippen molar-refractivity contribution in [2.24, 2.45) is 0 Å². The molecule has 0 aromatic carbocycles. The number of sulfone groups is 1. The van der Waals surface area contributed by atoms with E-state index in [1.54, 1.807) is 0 Å². The van der Waals surface area contributed by atoms with Crippen LogP contribution < -0.4 is 0 Å². The molecule has 1 aromatic heterocycles. The van der Waals surface area contributed by atoms with E-state index in [0.29, 0.717) is 0 Å². The zero-order valence-corrected chi connectivity index (χ0v) is 11.6. The Labute approximate surface area is 107 Å². The molecule has 16 heavy (non-hydrogen) atoms. The van der Waals surface area contributed by atoms with Crippen molar-refractivity contribution < 1.29 is 13.3 Å². The van der Waals surface area contributed by atoms with Gasteiger partial charge >= 0.3 is 5.69 Å². The van der Waals surface area contributed by atoms with Gasteiger partial charge in [-0.15, -0.1) is 0 Å². The van der Waals surface area contributed by atoms with Crippen molar-refractivity contribution in [3.8, 4) is 0 Å². The van der Waals surface area contributed by atoms with Gasteiger partial charge in [0.25, 0.3) is 0 Å². The van der Waals surface area contributed by atoms with Crippen molar-refractivity contribution in [1.29, 1.82) is 0 Å². The van der Waals surface area contributed by atoms with Gasteiger partial charge in [0.1, 0.15) is 0 Å². The van der Waals surface area contributed by atoms with Crippen LogP contribution >= 0.6 is 31.9 Å². The van der Waals surface area contributed by atoms with E-state index < -0.39 is 14.8 Å². The van der Waals surface area contributed by atoms with E-state index >= 15 is 0 Å². The maximum atomic E-state index is 11.0. The first kappa shape index (κ1) is 12.0. The number of rotatable bonds is 2. The third-order valence-electron chi connectivity index (χ3n) is 2.21. The normalized spacial score (nSPS) is 19.4. The smallest absolute Gasteiger partial charge is 0.258 e. The molecule has 88 valence electrons. The van der Waals surface area contributed by atoms with E-state index in [1.165, 1.54) is 4.68 Å². The van der Waals surface area contributed by atoms with Crippen LogP contribution in [0, 0.1) is 10.1 Å². The Morgan fingerprint density at radius 2 is 2.00 bits per heavy atom. The molecule has 1 aliphatic heterocycles. The molecule has 0 atom stereocenters. The van der Waals surface area contributed by atoms with Gasteiger partial charge in [0.15, 0.2) is 14.4 Å². The number of halogens is 2. The van der Waals surface area contributed by atoms with Crippen LogP contribution in [0.1, 0.15) is 6.04 Å². The zero-order valence-electron chi connectivity index (χ0n) is 7.63. The second-order valence-electron chi connectivity index (χ2n) is 3.36. The van der Waals surface area contributed by atoms with Crippen LogP contribution in [0.5, 0.6) is 0 Å². The van der Waals surface area contributed by atoms with Crippen molar-refractivity contribution >= 4 is 47.4 Å². The third-order valence-corrected chi connectivity index (χ3v) is 5.27. The molecule has 2 heterocycles. The van der Waals surface area contributed by atoms with Crippen LogP contribution in [0.2, 0.25) is 0 Å². The van der Waals surface area contributed by atoms with Gasteiger partial charge in [-0.1, -0.05) is 0 Å². The highest BCUT2D eigenvalue weighted by atomic mass is 79.9. The van der Waals surface area contributed by atoms with Crippen LogP contribution in [-0.4, -0.2) is 34.6 Å². The summed E-state index contributed by atoms with van der Waals surface area (Å²) in [6, 6.07) is -0.329. The van der Waals surface area contributed by atoms with Gasteiger partial charge in [-0.05, 0) is 31.9 Å². The summed E-state index contributed by atoms with van der Waals surface area (Å²) < 4.78 is 23.6. The molecule has 0 spiro atoms. The second-order valence-corrected chi connectivity index (χ2v) is 7.02. The summed E-state index contributed by atoms with van der Waals surface area (Å²) >= 11 is 6.02. The van der Waals surface area contributed by atoms with E-state index in [0.717, 1.165) is 0 Å². The summed E-state index contributed by atoms with van der Waals surface area (Å²) in [6.45, 7) is 0. The lowest BCUT2D eigenvalue weighted by atomic mass is 10.4. The standard InChI is InChI=1S/C6H5Br2N3O4S/c7-5-4(11(12)13)6(8)10(9-5)3-1-16(14,15)2-3/h3H,1-2H2. The molecule has 0 bridgehead atoms. The fourth-order valence-electron chi connectivity index (χ4n) is 1.45. The summed E-state index contributed by atoms with van der Waals surface area (Å²) in [4.78, 5) is 10.1. The average molecular weight is 375 g/mol. The Kier molecular flexibility index (Phi) is 2.83. The summed E-state index contributed by atoms with van der Waals surface area (Å²) in [5, 5.41) is 14.6. The Hall–Kier alpha value is -0.480. The highest BCUT2D eigenvalue weighted by Gasteiger charge is 2.39. The maximum absolute atomic E-state index is 11.0. The molecule has 10 heteroatoms. The lowest BCUT2D eigenvalue weighted by Gasteiger charge is -2.26. The van der Waals surface area contributed by atoms with Crippen molar-refractivity contribution in [2.75, 3.05) is 11.5 Å². The molecule has 1 saturated heterocycles. The molecule has 0 aliphatic carbocycles. The molecule has 0 unspecified atom stereocenters. The van der Waals surface area contributed by atoms with Crippen LogP contribution in [0.4, 0.5) is 5.69 Å². The predicted molar refractivity (Wildman–Crippen MR) is 62.0 cm³/mol. The fourth-order valence-corrected chi connectivity index (χ4v) is 4.28. The lowest BCUT2D eigenvalue weighted by molar-refractivity contribution is -0.386. The van der Waals surface area contributed by atoms with Gasteiger partial charge in [0.05, 0.1) is 22.5 Å².